The number of carbonyl (C=O) groups is 2. The molecule has 0 radical (unpaired) electrons. The van der Waals surface area contributed by atoms with Gasteiger partial charge >= 0.3 is 5.97 Å². The summed E-state index contributed by atoms with van der Waals surface area (Å²) in [5.74, 6) is 0.252. The number of esters is 1. The van der Waals surface area contributed by atoms with E-state index in [1.165, 1.54) is 14.2 Å². The third kappa shape index (κ3) is 4.89. The van der Waals surface area contributed by atoms with Crippen molar-refractivity contribution >= 4 is 11.9 Å². The van der Waals surface area contributed by atoms with Gasteiger partial charge in [0.05, 0.1) is 21.3 Å². The lowest BCUT2D eigenvalue weighted by molar-refractivity contribution is -0.124. The molecule has 0 heterocycles. The number of amides is 1. The SMILES string of the molecule is COc1ccc(CNC(=O)COC(=O)c2c(OC)cccc2OC)cc1. The topological polar surface area (TPSA) is 83.1 Å². The second kappa shape index (κ2) is 9.31. The number of carbonyl (C=O) groups excluding carboxylic acids is 2. The first-order valence-electron chi connectivity index (χ1n) is 7.86. The minimum Gasteiger partial charge on any atom is -0.497 e. The van der Waals surface area contributed by atoms with Crippen LogP contribution in [0.1, 0.15) is 15.9 Å². The van der Waals surface area contributed by atoms with Crippen LogP contribution in [-0.4, -0.2) is 39.8 Å². The molecule has 0 unspecified atom stereocenters. The molecule has 2 aromatic rings. The summed E-state index contributed by atoms with van der Waals surface area (Å²) < 4.78 is 20.4. The largest absolute Gasteiger partial charge is 0.497 e. The quantitative estimate of drug-likeness (QED) is 0.728. The fourth-order valence-corrected chi connectivity index (χ4v) is 2.25. The van der Waals surface area contributed by atoms with Gasteiger partial charge in [0.15, 0.2) is 6.61 Å². The number of hydrogen-bond donors (Lipinski definition) is 1. The Kier molecular flexibility index (Phi) is 6.84. The second-order valence-corrected chi connectivity index (χ2v) is 5.24. The first-order valence-corrected chi connectivity index (χ1v) is 7.86. The highest BCUT2D eigenvalue weighted by molar-refractivity contribution is 5.96. The Morgan fingerprint density at radius 2 is 1.50 bits per heavy atom. The molecule has 7 heteroatoms. The Morgan fingerprint density at radius 3 is 2.04 bits per heavy atom. The molecule has 0 aliphatic rings. The lowest BCUT2D eigenvalue weighted by Gasteiger charge is -2.12. The maximum Gasteiger partial charge on any atom is 0.346 e. The van der Waals surface area contributed by atoms with Gasteiger partial charge < -0.3 is 24.3 Å². The number of ether oxygens (including phenoxy) is 4. The number of hydrogen-bond acceptors (Lipinski definition) is 6. The molecule has 0 fully saturated rings. The maximum atomic E-state index is 12.3. The zero-order chi connectivity index (χ0) is 18.9. The molecule has 0 saturated carbocycles. The van der Waals surface area contributed by atoms with Gasteiger partial charge in [-0.2, -0.15) is 0 Å². The van der Waals surface area contributed by atoms with Gasteiger partial charge in [-0.25, -0.2) is 4.79 Å². The van der Waals surface area contributed by atoms with Crippen LogP contribution in [0.5, 0.6) is 17.2 Å². The highest BCUT2D eigenvalue weighted by Crippen LogP contribution is 2.28. The van der Waals surface area contributed by atoms with Gasteiger partial charge in [0.1, 0.15) is 22.8 Å². The van der Waals surface area contributed by atoms with E-state index in [2.05, 4.69) is 5.32 Å². The highest BCUT2D eigenvalue weighted by Gasteiger charge is 2.20. The van der Waals surface area contributed by atoms with E-state index >= 15 is 0 Å². The van der Waals surface area contributed by atoms with Crippen molar-refractivity contribution in [3.63, 3.8) is 0 Å². The normalized spacial score (nSPS) is 9.96. The van der Waals surface area contributed by atoms with Crippen LogP contribution in [0.15, 0.2) is 42.5 Å². The van der Waals surface area contributed by atoms with Gasteiger partial charge in [0.25, 0.3) is 5.91 Å². The highest BCUT2D eigenvalue weighted by atomic mass is 16.5. The van der Waals surface area contributed by atoms with Crippen LogP contribution in [0.25, 0.3) is 0 Å². The van der Waals surface area contributed by atoms with Crippen molar-refractivity contribution < 1.29 is 28.5 Å². The predicted molar refractivity (Wildman–Crippen MR) is 94.7 cm³/mol. The third-order valence-corrected chi connectivity index (χ3v) is 3.62. The van der Waals surface area contributed by atoms with Gasteiger partial charge in [-0.15, -0.1) is 0 Å². The van der Waals surface area contributed by atoms with Crippen LogP contribution in [0, 0.1) is 0 Å². The summed E-state index contributed by atoms with van der Waals surface area (Å²) in [5, 5.41) is 2.68. The first-order chi connectivity index (χ1) is 12.6. The molecule has 2 aromatic carbocycles. The molecule has 138 valence electrons. The Bertz CT molecular complexity index is 735. The molecule has 0 bridgehead atoms. The van der Waals surface area contributed by atoms with Crippen LogP contribution >= 0.6 is 0 Å². The van der Waals surface area contributed by atoms with Gasteiger partial charge in [-0.05, 0) is 29.8 Å². The number of rotatable bonds is 8. The van der Waals surface area contributed by atoms with E-state index in [1.807, 2.05) is 12.1 Å². The first kappa shape index (κ1) is 19.1. The van der Waals surface area contributed by atoms with E-state index in [0.717, 1.165) is 11.3 Å². The number of nitrogens with one attached hydrogen (secondary N) is 1. The third-order valence-electron chi connectivity index (χ3n) is 3.62. The fourth-order valence-electron chi connectivity index (χ4n) is 2.25. The van der Waals surface area contributed by atoms with Gasteiger partial charge in [0.2, 0.25) is 0 Å². The maximum absolute atomic E-state index is 12.3. The molecular formula is C19H21NO6. The van der Waals surface area contributed by atoms with Crippen LogP contribution in [0.3, 0.4) is 0 Å². The van der Waals surface area contributed by atoms with E-state index in [0.29, 0.717) is 18.0 Å². The number of benzene rings is 2. The molecule has 0 aromatic heterocycles. The van der Waals surface area contributed by atoms with Crippen molar-refractivity contribution in [2.24, 2.45) is 0 Å². The second-order valence-electron chi connectivity index (χ2n) is 5.24. The standard InChI is InChI=1S/C19H21NO6/c1-23-14-9-7-13(8-10-14)11-20-17(21)12-26-19(22)18-15(24-2)5-4-6-16(18)25-3/h4-10H,11-12H2,1-3H3,(H,20,21). The molecule has 7 nitrogen and oxygen atoms in total. The van der Waals surface area contributed by atoms with Crippen molar-refractivity contribution in [3.05, 3.63) is 53.6 Å². The molecule has 0 saturated heterocycles. The molecule has 0 aliphatic heterocycles. The fraction of sp³-hybridized carbons (Fsp3) is 0.263. The van der Waals surface area contributed by atoms with Crippen molar-refractivity contribution in [3.8, 4) is 17.2 Å². The lowest BCUT2D eigenvalue weighted by Crippen LogP contribution is -2.28. The monoisotopic (exact) mass is 359 g/mol. The Labute approximate surface area is 151 Å². The molecule has 0 aliphatic carbocycles. The summed E-state index contributed by atoms with van der Waals surface area (Å²) in [6, 6.07) is 12.2. The summed E-state index contributed by atoms with van der Waals surface area (Å²) in [6.45, 7) is -0.0887. The smallest absolute Gasteiger partial charge is 0.346 e. The summed E-state index contributed by atoms with van der Waals surface area (Å²) >= 11 is 0. The molecule has 1 N–H and O–H groups in total. The van der Waals surface area contributed by atoms with Crippen molar-refractivity contribution in [2.75, 3.05) is 27.9 Å². The molecule has 26 heavy (non-hydrogen) atoms. The summed E-state index contributed by atoms with van der Waals surface area (Å²) in [5.41, 5.74) is 1.04. The summed E-state index contributed by atoms with van der Waals surface area (Å²) in [7, 11) is 4.46. The van der Waals surface area contributed by atoms with Crippen molar-refractivity contribution in [1.82, 2.24) is 5.32 Å². The molecule has 1 amide bonds. The molecule has 0 atom stereocenters. The lowest BCUT2D eigenvalue weighted by atomic mass is 10.2. The zero-order valence-corrected chi connectivity index (χ0v) is 14.9. The average Bonchev–Trinajstić information content (AvgIpc) is 2.69. The Morgan fingerprint density at radius 1 is 0.885 bits per heavy atom. The van der Waals surface area contributed by atoms with E-state index in [4.69, 9.17) is 18.9 Å². The molecule has 2 rings (SSSR count). The van der Waals surface area contributed by atoms with Gasteiger partial charge in [-0.1, -0.05) is 18.2 Å². The Balaban J connectivity index is 1.89. The van der Waals surface area contributed by atoms with Crippen molar-refractivity contribution in [1.29, 1.82) is 0 Å². The van der Waals surface area contributed by atoms with Crippen LogP contribution in [-0.2, 0) is 16.1 Å². The zero-order valence-electron chi connectivity index (χ0n) is 14.9. The van der Waals surface area contributed by atoms with E-state index in [1.54, 1.807) is 37.4 Å². The van der Waals surface area contributed by atoms with E-state index in [9.17, 15) is 9.59 Å². The number of methoxy groups -OCH3 is 3. The van der Waals surface area contributed by atoms with E-state index in [-0.39, 0.29) is 5.56 Å². The van der Waals surface area contributed by atoms with E-state index < -0.39 is 18.5 Å². The minimum atomic E-state index is -0.695. The Hall–Kier alpha value is -3.22. The summed E-state index contributed by atoms with van der Waals surface area (Å²) in [4.78, 5) is 24.2. The molecular weight excluding hydrogens is 338 g/mol. The van der Waals surface area contributed by atoms with Gasteiger partial charge in [-0.3, -0.25) is 4.79 Å². The minimum absolute atomic E-state index is 0.139. The van der Waals surface area contributed by atoms with Crippen LogP contribution in [0.2, 0.25) is 0 Å². The summed E-state index contributed by atoms with van der Waals surface area (Å²) in [6.07, 6.45) is 0. The average molecular weight is 359 g/mol. The van der Waals surface area contributed by atoms with Crippen LogP contribution in [0.4, 0.5) is 0 Å². The van der Waals surface area contributed by atoms with Crippen molar-refractivity contribution in [2.45, 2.75) is 6.54 Å². The predicted octanol–water partition coefficient (Wildman–Crippen LogP) is 2.19. The van der Waals surface area contributed by atoms with Gasteiger partial charge in [0, 0.05) is 6.54 Å². The van der Waals surface area contributed by atoms with Crippen LogP contribution < -0.4 is 19.5 Å². The molecule has 0 spiro atoms.